The van der Waals surface area contributed by atoms with Gasteiger partial charge in [-0.3, -0.25) is 41.7 Å². The molecule has 0 aliphatic heterocycles. The largest absolute Gasteiger partial charge is 1.00 e. The summed E-state index contributed by atoms with van der Waals surface area (Å²) in [6, 6.07) is 50.6. The molecule has 0 saturated carbocycles. The van der Waals surface area contributed by atoms with E-state index in [-0.39, 0.29) is 151 Å². The van der Waals surface area contributed by atoms with Gasteiger partial charge in [0.2, 0.25) is 0 Å². The predicted molar refractivity (Wildman–Crippen MR) is 491 cm³/mol. The Hall–Kier alpha value is -6.70. The van der Waals surface area contributed by atoms with Crippen LogP contribution in [0, 0.1) is 0 Å². The summed E-state index contributed by atoms with van der Waals surface area (Å²) in [6.07, 6.45) is 8.62. The first-order chi connectivity index (χ1) is 59.4. The van der Waals surface area contributed by atoms with E-state index in [1.54, 1.807) is 24.3 Å². The average Bonchev–Trinajstić information content (AvgIpc) is 0.759. The minimum Gasteiger partial charge on any atom is -0.744 e. The quantitative estimate of drug-likeness (QED) is 0.0110. The molecule has 45 heteroatoms. The van der Waals surface area contributed by atoms with Crippen LogP contribution in [0.1, 0.15) is 134 Å². The van der Waals surface area contributed by atoms with Crippen LogP contribution in [0.2, 0.25) is 10.0 Å². The fourth-order valence-corrected chi connectivity index (χ4v) is 17.1. The standard InChI is InChI=1S/C27H34N2O6S2.C27H32N2O6S2.C10H15N.C7H5ClO4S.C7H5ClO.C7H6O7S2.CH4N2O.4Na/c2*1-5-28(6-2)22-13-9-20(10-14-22)27(21-11-15-23(16-12-21)29(7-3)8-4)25-19-24(36(30,31)32)17-18-26(25)37(33,34)35;1-3-11(4-2)10-8-6-5-7-9-10;8-7-2-1-6(13(10,11)12)3-5(7)4-9;8-7-4-2-1-3-6(7)5-9;8-4-5-3-6(15(9,10)11)1-2-7(5)16(12,13)14;2-1(3)4;;;;/h9-19,27H,5-8H2,1-4H3,(H,30,31,32)(H,33,34,35);9-19H,5-8H2,1-4H3,(H-,30,31,32,33,34,35);5-9H,3-4H2,1-2H3;1-4H,(H,10,11,12);1-5H;1-4H,(H,9,10,11)(H,12,13,14);(H4,2,3,4);;;;/q;;;;;;;4*+1. The number of allylic oxidation sites excluding steroid dienone is 5. The van der Waals surface area contributed by atoms with Crippen molar-refractivity contribution in [1.29, 1.82) is 0 Å². The summed E-state index contributed by atoms with van der Waals surface area (Å²) < 4.78 is 231. The Morgan fingerprint density at radius 2 is 0.695 bits per heavy atom. The number of anilines is 4. The van der Waals surface area contributed by atoms with Crippen LogP contribution in [0.15, 0.2) is 264 Å². The zero-order valence-corrected chi connectivity index (χ0v) is 89.9. The van der Waals surface area contributed by atoms with Crippen molar-refractivity contribution in [2.24, 2.45) is 11.5 Å². The summed E-state index contributed by atoms with van der Waals surface area (Å²) in [5.74, 6) is -0.741. The van der Waals surface area contributed by atoms with Crippen molar-refractivity contribution < 1.29 is 233 Å². The van der Waals surface area contributed by atoms with E-state index in [0.717, 1.165) is 149 Å². The Labute approximate surface area is 866 Å². The Morgan fingerprint density at radius 3 is 1.04 bits per heavy atom. The van der Waals surface area contributed by atoms with Crippen LogP contribution in [-0.4, -0.2) is 191 Å². The number of carbonyl (C=O) groups excluding carboxylic acids is 4. The van der Waals surface area contributed by atoms with Crippen molar-refractivity contribution in [1.82, 2.24) is 0 Å². The molecule has 0 bridgehead atoms. The molecule has 0 atom stereocenters. The van der Waals surface area contributed by atoms with Crippen LogP contribution in [0.5, 0.6) is 0 Å². The summed E-state index contributed by atoms with van der Waals surface area (Å²) in [5, 5.41) is 0.648. The first-order valence-corrected chi connectivity index (χ1v) is 49.5. The van der Waals surface area contributed by atoms with Crippen LogP contribution in [0.25, 0.3) is 5.57 Å². The minimum atomic E-state index is -4.89. The molecular weight excluding hydrogens is 1920 g/mol. The normalized spacial score (nSPS) is 11.5. The first kappa shape index (κ1) is 124. The number of carbonyl (C=O) groups is 4. The molecule has 0 heterocycles. The summed E-state index contributed by atoms with van der Waals surface area (Å²) >= 11 is 11.1. The summed E-state index contributed by atoms with van der Waals surface area (Å²) in [5.41, 5.74) is 16.7. The van der Waals surface area contributed by atoms with Gasteiger partial charge in [-0.15, -0.1) is 0 Å². The van der Waals surface area contributed by atoms with Crippen LogP contribution >= 0.6 is 23.2 Å². The Morgan fingerprint density at radius 1 is 0.374 bits per heavy atom. The van der Waals surface area contributed by atoms with E-state index in [1.807, 2.05) is 131 Å². The van der Waals surface area contributed by atoms with Crippen molar-refractivity contribution in [3.05, 3.63) is 285 Å². The van der Waals surface area contributed by atoms with Gasteiger partial charge in [0.1, 0.15) is 33.0 Å². The van der Waals surface area contributed by atoms with Crippen molar-refractivity contribution in [2.75, 3.05) is 85.0 Å². The maximum atomic E-state index is 12.4. The number of aldehydes is 3. The van der Waals surface area contributed by atoms with E-state index in [4.69, 9.17) is 41.7 Å². The molecular formula is C86H101Cl2N7Na4O25S7+4. The third-order valence-corrected chi connectivity index (χ3v) is 25.8. The van der Waals surface area contributed by atoms with Crippen molar-refractivity contribution in [3.63, 3.8) is 0 Å². The van der Waals surface area contributed by atoms with E-state index >= 15 is 0 Å². The second-order valence-corrected chi connectivity index (χ2v) is 37.2. The SMILES string of the molecule is CCN(CC)c1ccc(C(=C2C=CC(=[N+](CC)CC)C=C2)c2cc(S(=O)(=O)[O-])ccc2S(=O)(=O)O)cc1.CCN(CC)c1ccc(C(c2ccc(N(CC)CC)cc2)c2cc(S(=O)(=O)O)ccc2S(=O)(=O)O)cc1.CCN(CC)c1ccccc1.NC(N)=O.O=Cc1cc(S(=O)(=O)O)ccc1Cl.O=Cc1cc(S(=O)(=O)O)ccc1S(=O)(=O)O.O=Cc1ccccc1Cl.[Na+].[Na+].[Na+].[Na+]. The van der Waals surface area contributed by atoms with E-state index < -0.39 is 118 Å². The van der Waals surface area contributed by atoms with Gasteiger partial charge in [-0.25, -0.2) is 17.8 Å². The second-order valence-electron chi connectivity index (χ2n) is 26.6. The van der Waals surface area contributed by atoms with Gasteiger partial charge in [0.15, 0.2) is 24.6 Å². The average molecular weight is 2020 g/mol. The number of rotatable bonds is 29. The predicted octanol–water partition coefficient (Wildman–Crippen LogP) is 2.27. The molecule has 0 saturated heterocycles. The molecule has 9 aromatic rings. The van der Waals surface area contributed by atoms with E-state index in [1.165, 1.54) is 11.8 Å². The molecule has 10 rings (SSSR count). The van der Waals surface area contributed by atoms with Crippen molar-refractivity contribution in [3.8, 4) is 0 Å². The third kappa shape index (κ3) is 38.8. The van der Waals surface area contributed by atoms with Crippen molar-refractivity contribution in [2.45, 2.75) is 109 Å². The summed E-state index contributed by atoms with van der Waals surface area (Å²) in [7, 11) is -32.4. The van der Waals surface area contributed by atoms with E-state index in [0.29, 0.717) is 56.8 Å². The van der Waals surface area contributed by atoms with Crippen LogP contribution in [-0.2, 0) is 70.8 Å². The van der Waals surface area contributed by atoms with Gasteiger partial charge in [0.25, 0.3) is 60.7 Å². The van der Waals surface area contributed by atoms with Gasteiger partial charge in [-0.05, 0) is 242 Å². The van der Waals surface area contributed by atoms with Gasteiger partial charge in [-0.1, -0.05) is 96.0 Å². The van der Waals surface area contributed by atoms with Gasteiger partial charge < -0.3 is 35.6 Å². The number of nitrogens with two attached hydrogens (primary N) is 2. The Kier molecular flexibility index (Phi) is 55.0. The zero-order chi connectivity index (χ0) is 95.8. The van der Waals surface area contributed by atoms with Crippen LogP contribution < -0.4 is 149 Å². The molecule has 131 heavy (non-hydrogen) atoms. The molecule has 9 aromatic carbocycles. The maximum absolute atomic E-state index is 12.4. The fraction of sp³-hybridized carbons (Fsp3) is 0.244. The van der Waals surface area contributed by atoms with Gasteiger partial charge in [0, 0.05) is 115 Å². The number of halogens is 2. The zero-order valence-electron chi connectivity index (χ0n) is 74.7. The molecule has 0 radical (unpaired) electrons. The molecule has 0 unspecified atom stereocenters. The molecule has 0 spiro atoms. The third-order valence-electron chi connectivity index (χ3n) is 18.9. The number of para-hydroxylation sites is 1. The topological polar surface area (TPSA) is 520 Å². The monoisotopic (exact) mass is 2020 g/mol. The molecule has 1 aliphatic rings. The van der Waals surface area contributed by atoms with Gasteiger partial charge in [-0.2, -0.15) is 50.5 Å². The molecule has 10 N–H and O–H groups in total. The number of benzene rings is 9. The molecule has 0 fully saturated rings. The second kappa shape index (κ2) is 58.0. The van der Waals surface area contributed by atoms with Gasteiger partial charge in [0.05, 0.1) is 34.5 Å². The first-order valence-electron chi connectivity index (χ1n) is 38.7. The Balaban J connectivity index is 0.00000165. The number of primary amides is 2. The van der Waals surface area contributed by atoms with Crippen molar-refractivity contribution >= 4 is 153 Å². The molecule has 1 aliphatic carbocycles. The molecule has 0 aromatic heterocycles. The molecule has 2 amide bonds. The van der Waals surface area contributed by atoms with Crippen LogP contribution in [0.3, 0.4) is 0 Å². The summed E-state index contributed by atoms with van der Waals surface area (Å²) in [4.78, 5) is 45.1. The van der Waals surface area contributed by atoms with Crippen LogP contribution in [0.4, 0.5) is 27.5 Å². The molecule has 32 nitrogen and oxygen atoms in total. The minimum absolute atomic E-state index is 0. The fourth-order valence-electron chi connectivity index (χ4n) is 12.6. The number of hydrogen-bond donors (Lipinski definition) is 8. The Bertz CT molecular complexity index is 6220. The number of hydrogen-bond acceptors (Lipinski definition) is 23. The maximum Gasteiger partial charge on any atom is 1.00 e. The van der Waals surface area contributed by atoms with Gasteiger partial charge >= 0.3 is 124 Å². The number of amides is 2. The summed E-state index contributed by atoms with van der Waals surface area (Å²) in [6.45, 7) is 29.4. The van der Waals surface area contributed by atoms with E-state index in [9.17, 15) is 91.5 Å². The number of urea groups is 1. The number of nitrogens with zero attached hydrogens (tertiary/aromatic N) is 5. The smallest absolute Gasteiger partial charge is 0.744 e. The van der Waals surface area contributed by atoms with E-state index in [2.05, 4.69) is 101 Å². The molecule has 686 valence electrons.